The van der Waals surface area contributed by atoms with Crippen molar-refractivity contribution in [3.05, 3.63) is 0 Å². The van der Waals surface area contributed by atoms with Crippen molar-refractivity contribution >= 4 is 0 Å². The van der Waals surface area contributed by atoms with Gasteiger partial charge < -0.3 is 15.3 Å². The molecule has 4 nitrogen and oxygen atoms in total. The van der Waals surface area contributed by atoms with E-state index in [0.29, 0.717) is 0 Å². The van der Waals surface area contributed by atoms with E-state index in [4.69, 9.17) is 0 Å². The minimum Gasteiger partial charge on any atom is -0.389 e. The average Bonchev–Trinajstić information content (AvgIpc) is 2.42. The van der Waals surface area contributed by atoms with Crippen molar-refractivity contribution in [2.75, 3.05) is 45.8 Å². The number of piperazine rings is 1. The van der Waals surface area contributed by atoms with Gasteiger partial charge in [0.1, 0.15) is 0 Å². The molecular formula is C17H35N3O. The van der Waals surface area contributed by atoms with E-state index in [0.717, 1.165) is 51.2 Å². The van der Waals surface area contributed by atoms with E-state index in [1.165, 1.54) is 32.2 Å². The molecule has 2 unspecified atom stereocenters. The summed E-state index contributed by atoms with van der Waals surface area (Å²) in [5.41, 5.74) is -0.568. The van der Waals surface area contributed by atoms with Gasteiger partial charge in [-0.1, -0.05) is 19.8 Å². The fourth-order valence-corrected chi connectivity index (χ4v) is 3.97. The van der Waals surface area contributed by atoms with Crippen molar-refractivity contribution < 1.29 is 5.11 Å². The Morgan fingerprint density at radius 1 is 1.05 bits per heavy atom. The highest BCUT2D eigenvalue weighted by molar-refractivity contribution is 4.85. The molecular weight excluding hydrogens is 262 g/mol. The average molecular weight is 297 g/mol. The molecule has 124 valence electrons. The van der Waals surface area contributed by atoms with Gasteiger partial charge in [0.15, 0.2) is 0 Å². The summed E-state index contributed by atoms with van der Waals surface area (Å²) in [4.78, 5) is 5.04. The molecule has 0 aromatic carbocycles. The van der Waals surface area contributed by atoms with Crippen LogP contribution < -0.4 is 5.32 Å². The Kier molecular flexibility index (Phi) is 6.48. The summed E-state index contributed by atoms with van der Waals surface area (Å²) >= 11 is 0. The van der Waals surface area contributed by atoms with Crippen molar-refractivity contribution in [1.29, 1.82) is 0 Å². The minimum atomic E-state index is -0.568. The topological polar surface area (TPSA) is 38.7 Å². The van der Waals surface area contributed by atoms with Crippen LogP contribution in [0.15, 0.2) is 0 Å². The third-order valence-corrected chi connectivity index (χ3v) is 4.94. The molecule has 2 aliphatic rings. The monoisotopic (exact) mass is 297 g/mol. The maximum absolute atomic E-state index is 9.93. The zero-order valence-corrected chi connectivity index (χ0v) is 14.3. The van der Waals surface area contributed by atoms with Crippen molar-refractivity contribution in [2.24, 2.45) is 5.92 Å². The largest absolute Gasteiger partial charge is 0.389 e. The Hall–Kier alpha value is -0.160. The van der Waals surface area contributed by atoms with Crippen molar-refractivity contribution in [1.82, 2.24) is 15.1 Å². The van der Waals surface area contributed by atoms with E-state index in [-0.39, 0.29) is 0 Å². The van der Waals surface area contributed by atoms with Crippen molar-refractivity contribution in [3.63, 3.8) is 0 Å². The van der Waals surface area contributed by atoms with Crippen LogP contribution in [0.5, 0.6) is 0 Å². The van der Waals surface area contributed by atoms with Crippen LogP contribution >= 0.6 is 0 Å². The molecule has 2 N–H and O–H groups in total. The molecule has 0 spiro atoms. The summed E-state index contributed by atoms with van der Waals surface area (Å²) in [5.74, 6) is 0.833. The van der Waals surface area contributed by atoms with Gasteiger partial charge in [-0.15, -0.1) is 0 Å². The molecule has 0 aromatic heterocycles. The van der Waals surface area contributed by atoms with Crippen molar-refractivity contribution in [3.8, 4) is 0 Å². The van der Waals surface area contributed by atoms with E-state index < -0.39 is 5.60 Å². The number of aliphatic hydroxyl groups is 1. The fourth-order valence-electron chi connectivity index (χ4n) is 3.97. The molecule has 2 fully saturated rings. The fraction of sp³-hybridized carbons (Fsp3) is 1.00. The summed E-state index contributed by atoms with van der Waals surface area (Å²) in [5, 5.41) is 13.6. The first-order chi connectivity index (χ1) is 9.98. The quantitative estimate of drug-likeness (QED) is 0.780. The number of β-amino-alcohol motifs (C(OH)–C–C–N with tert-alkyl or cyclic N) is 1. The highest BCUT2D eigenvalue weighted by Crippen LogP contribution is 2.25. The lowest BCUT2D eigenvalue weighted by Crippen LogP contribution is -2.53. The summed E-state index contributed by atoms with van der Waals surface area (Å²) in [6.07, 6.45) is 5.55. The normalized spacial score (nSPS) is 29.7. The molecule has 21 heavy (non-hydrogen) atoms. The highest BCUT2D eigenvalue weighted by atomic mass is 16.3. The molecule has 0 radical (unpaired) electrons. The second kappa shape index (κ2) is 7.91. The van der Waals surface area contributed by atoms with E-state index in [2.05, 4.69) is 22.0 Å². The van der Waals surface area contributed by atoms with Gasteiger partial charge in [-0.2, -0.15) is 0 Å². The molecule has 1 saturated heterocycles. The third-order valence-electron chi connectivity index (χ3n) is 4.94. The number of hydrogen-bond donors (Lipinski definition) is 2. The predicted octanol–water partition coefficient (Wildman–Crippen LogP) is 1.54. The summed E-state index contributed by atoms with van der Waals surface area (Å²) in [7, 11) is 0. The standard InChI is InChI=1S/C17H35N3O/c1-4-18-16-8-6-5-7-15(16)13-19-9-11-20(12-10-19)14-17(2,3)21/h15-16,18,21H,4-14H2,1-3H3. The molecule has 2 atom stereocenters. The maximum Gasteiger partial charge on any atom is 0.0718 e. The first kappa shape index (κ1) is 17.2. The summed E-state index contributed by atoms with van der Waals surface area (Å²) in [6.45, 7) is 13.7. The van der Waals surface area contributed by atoms with Gasteiger partial charge >= 0.3 is 0 Å². The molecule has 1 aliphatic heterocycles. The van der Waals surface area contributed by atoms with E-state index in [9.17, 15) is 5.11 Å². The van der Waals surface area contributed by atoms with Crippen LogP contribution in [0, 0.1) is 5.92 Å². The zero-order valence-electron chi connectivity index (χ0n) is 14.3. The van der Waals surface area contributed by atoms with Gasteiger partial charge in [0.05, 0.1) is 5.60 Å². The van der Waals surface area contributed by atoms with E-state index >= 15 is 0 Å². The van der Waals surface area contributed by atoms with E-state index in [1.807, 2.05) is 13.8 Å². The first-order valence-electron chi connectivity index (χ1n) is 8.88. The molecule has 2 rings (SSSR count). The number of rotatable bonds is 6. The zero-order chi connectivity index (χ0) is 15.3. The second-order valence-corrected chi connectivity index (χ2v) is 7.60. The van der Waals surface area contributed by atoms with Crippen LogP contribution in [-0.2, 0) is 0 Å². The van der Waals surface area contributed by atoms with Crippen LogP contribution in [0.3, 0.4) is 0 Å². The van der Waals surface area contributed by atoms with Crippen LogP contribution in [0.1, 0.15) is 46.5 Å². The van der Waals surface area contributed by atoms with E-state index in [1.54, 1.807) is 0 Å². The van der Waals surface area contributed by atoms with Gasteiger partial charge in [0, 0.05) is 45.3 Å². The Balaban J connectivity index is 1.74. The number of hydrogen-bond acceptors (Lipinski definition) is 4. The number of nitrogens with zero attached hydrogens (tertiary/aromatic N) is 2. The van der Waals surface area contributed by atoms with Gasteiger partial charge in [-0.25, -0.2) is 0 Å². The maximum atomic E-state index is 9.93. The van der Waals surface area contributed by atoms with Crippen LogP contribution in [0.25, 0.3) is 0 Å². The van der Waals surface area contributed by atoms with Crippen molar-refractivity contribution in [2.45, 2.75) is 58.1 Å². The predicted molar refractivity (Wildman–Crippen MR) is 88.6 cm³/mol. The summed E-state index contributed by atoms with van der Waals surface area (Å²) < 4.78 is 0. The Morgan fingerprint density at radius 3 is 2.29 bits per heavy atom. The lowest BCUT2D eigenvalue weighted by Gasteiger charge is -2.41. The smallest absolute Gasteiger partial charge is 0.0718 e. The van der Waals surface area contributed by atoms with Gasteiger partial charge in [0.25, 0.3) is 0 Å². The highest BCUT2D eigenvalue weighted by Gasteiger charge is 2.28. The molecule has 4 heteroatoms. The number of nitrogens with one attached hydrogen (secondary N) is 1. The third kappa shape index (κ3) is 5.85. The minimum absolute atomic E-state index is 0.568. The Labute approximate surface area is 130 Å². The van der Waals surface area contributed by atoms with Gasteiger partial charge in [0.2, 0.25) is 0 Å². The lowest BCUT2D eigenvalue weighted by atomic mass is 9.84. The lowest BCUT2D eigenvalue weighted by molar-refractivity contribution is 0.0138. The molecule has 0 bridgehead atoms. The molecule has 1 aliphatic carbocycles. The first-order valence-corrected chi connectivity index (χ1v) is 8.88. The van der Waals surface area contributed by atoms with Crippen LogP contribution in [0.2, 0.25) is 0 Å². The Bertz CT molecular complexity index is 293. The van der Waals surface area contributed by atoms with Crippen LogP contribution in [-0.4, -0.2) is 72.4 Å². The SMILES string of the molecule is CCNC1CCCCC1CN1CCN(CC(C)(C)O)CC1. The molecule has 1 heterocycles. The molecule has 0 aromatic rings. The molecule has 0 amide bonds. The van der Waals surface area contributed by atoms with Crippen LogP contribution in [0.4, 0.5) is 0 Å². The second-order valence-electron chi connectivity index (χ2n) is 7.60. The van der Waals surface area contributed by atoms with Gasteiger partial charge in [-0.3, -0.25) is 4.90 Å². The Morgan fingerprint density at radius 2 is 1.67 bits per heavy atom. The summed E-state index contributed by atoms with van der Waals surface area (Å²) in [6, 6.07) is 0.734. The molecule has 1 saturated carbocycles. The van der Waals surface area contributed by atoms with Gasteiger partial charge in [-0.05, 0) is 39.2 Å².